The molecular weight excluding hydrogens is 264 g/mol. The first-order chi connectivity index (χ1) is 8.91. The molecule has 0 aromatic heterocycles. The average molecular weight is 288 g/mol. The van der Waals surface area contributed by atoms with Gasteiger partial charge in [0.2, 0.25) is 0 Å². The number of amides is 2. The summed E-state index contributed by atoms with van der Waals surface area (Å²) in [6, 6.07) is -0.853. The van der Waals surface area contributed by atoms with Crippen LogP contribution in [0.15, 0.2) is 0 Å². The molecule has 1 aliphatic heterocycles. The summed E-state index contributed by atoms with van der Waals surface area (Å²) in [6.07, 6.45) is 3.16. The van der Waals surface area contributed by atoms with Crippen molar-refractivity contribution in [2.24, 2.45) is 5.92 Å². The Morgan fingerprint density at radius 3 is 2.63 bits per heavy atom. The molecule has 1 saturated heterocycles. The third kappa shape index (κ3) is 5.30. The minimum absolute atomic E-state index is 0.0892. The van der Waals surface area contributed by atoms with Crippen molar-refractivity contribution in [1.82, 2.24) is 10.2 Å². The summed E-state index contributed by atoms with van der Waals surface area (Å²) in [6.45, 7) is 6.33. The maximum absolute atomic E-state index is 12.0. The molecule has 0 saturated carbocycles. The Balaban J connectivity index is 2.35. The monoisotopic (exact) mass is 288 g/mol. The second-order valence-corrected chi connectivity index (χ2v) is 6.50. The first kappa shape index (κ1) is 16.1. The summed E-state index contributed by atoms with van der Waals surface area (Å²) in [7, 11) is 0. The molecule has 2 amide bonds. The van der Waals surface area contributed by atoms with Crippen molar-refractivity contribution in [3.63, 3.8) is 0 Å². The SMILES string of the molecule is CC(C)CCCC(C)NC(=O)N1CSCC1C(=O)O. The van der Waals surface area contributed by atoms with Crippen molar-refractivity contribution in [2.75, 3.05) is 11.6 Å². The van der Waals surface area contributed by atoms with Gasteiger partial charge < -0.3 is 15.3 Å². The Bertz CT molecular complexity index is 323. The molecule has 19 heavy (non-hydrogen) atoms. The smallest absolute Gasteiger partial charge is 0.327 e. The molecule has 1 rings (SSSR count). The van der Waals surface area contributed by atoms with Gasteiger partial charge in [-0.15, -0.1) is 11.8 Å². The van der Waals surface area contributed by atoms with E-state index in [4.69, 9.17) is 5.11 Å². The van der Waals surface area contributed by atoms with E-state index in [1.165, 1.54) is 16.7 Å². The van der Waals surface area contributed by atoms with Crippen LogP contribution in [-0.2, 0) is 4.79 Å². The molecule has 2 atom stereocenters. The number of aliphatic carboxylic acids is 1. The first-order valence-electron chi connectivity index (χ1n) is 6.79. The molecule has 1 heterocycles. The van der Waals surface area contributed by atoms with Crippen LogP contribution in [0, 0.1) is 5.92 Å². The second kappa shape index (κ2) is 7.62. The lowest BCUT2D eigenvalue weighted by Crippen LogP contribution is -2.49. The number of carbonyl (C=O) groups is 2. The Hall–Kier alpha value is -0.910. The summed E-state index contributed by atoms with van der Waals surface area (Å²) in [5.41, 5.74) is 0. The summed E-state index contributed by atoms with van der Waals surface area (Å²) in [4.78, 5) is 24.4. The van der Waals surface area contributed by atoms with Crippen molar-refractivity contribution in [2.45, 2.75) is 52.1 Å². The Labute approximate surface area is 119 Å². The average Bonchev–Trinajstić information content (AvgIpc) is 2.77. The molecular formula is C13H24N2O3S. The standard InChI is InChI=1S/C13H24N2O3S/c1-9(2)5-4-6-10(3)14-13(18)15-8-19-7-11(15)12(16)17/h9-11H,4-8H2,1-3H3,(H,14,18)(H,16,17). The number of carboxylic acids is 1. The van der Waals surface area contributed by atoms with E-state index < -0.39 is 12.0 Å². The van der Waals surface area contributed by atoms with E-state index in [1.54, 1.807) is 0 Å². The summed E-state index contributed by atoms with van der Waals surface area (Å²) in [5.74, 6) is 0.688. The lowest BCUT2D eigenvalue weighted by molar-refractivity contribution is -0.140. The zero-order valence-corrected chi connectivity index (χ0v) is 12.7. The zero-order chi connectivity index (χ0) is 14.4. The third-order valence-electron chi connectivity index (χ3n) is 3.22. The minimum Gasteiger partial charge on any atom is -0.480 e. The van der Waals surface area contributed by atoms with Gasteiger partial charge in [-0.3, -0.25) is 0 Å². The van der Waals surface area contributed by atoms with E-state index in [1.807, 2.05) is 6.92 Å². The molecule has 0 aromatic rings. The predicted octanol–water partition coefficient (Wildman–Crippen LogP) is 2.37. The number of carbonyl (C=O) groups excluding carboxylic acids is 1. The molecule has 1 fully saturated rings. The number of hydrogen-bond donors (Lipinski definition) is 2. The van der Waals surface area contributed by atoms with Crippen LogP contribution in [-0.4, -0.2) is 45.7 Å². The van der Waals surface area contributed by atoms with Crippen LogP contribution in [0.4, 0.5) is 4.79 Å². The van der Waals surface area contributed by atoms with Gasteiger partial charge in [-0.05, 0) is 19.3 Å². The molecule has 2 unspecified atom stereocenters. The third-order valence-corrected chi connectivity index (χ3v) is 4.23. The van der Waals surface area contributed by atoms with Gasteiger partial charge in [-0.2, -0.15) is 0 Å². The fourth-order valence-electron chi connectivity index (χ4n) is 2.05. The molecule has 0 aliphatic carbocycles. The van der Waals surface area contributed by atoms with Gasteiger partial charge in [0.05, 0.1) is 5.88 Å². The normalized spacial score (nSPS) is 20.6. The zero-order valence-electron chi connectivity index (χ0n) is 11.9. The van der Waals surface area contributed by atoms with Crippen LogP contribution in [0.3, 0.4) is 0 Å². The quantitative estimate of drug-likeness (QED) is 0.787. The molecule has 6 heteroatoms. The summed E-state index contributed by atoms with van der Waals surface area (Å²) < 4.78 is 0. The molecule has 2 N–H and O–H groups in total. The van der Waals surface area contributed by atoms with Crippen LogP contribution in [0.25, 0.3) is 0 Å². The van der Waals surface area contributed by atoms with Crippen molar-refractivity contribution in [3.05, 3.63) is 0 Å². The summed E-state index contributed by atoms with van der Waals surface area (Å²) >= 11 is 1.48. The Morgan fingerprint density at radius 2 is 2.05 bits per heavy atom. The van der Waals surface area contributed by atoms with Gasteiger partial charge in [-0.25, -0.2) is 9.59 Å². The molecule has 0 radical (unpaired) electrons. The lowest BCUT2D eigenvalue weighted by Gasteiger charge is -2.23. The van der Waals surface area contributed by atoms with Gasteiger partial charge in [0.25, 0.3) is 0 Å². The number of carboxylic acid groups (broad SMARTS) is 1. The number of nitrogens with one attached hydrogen (secondary N) is 1. The van der Waals surface area contributed by atoms with Gasteiger partial charge in [0, 0.05) is 11.8 Å². The molecule has 0 bridgehead atoms. The fourth-order valence-corrected chi connectivity index (χ4v) is 3.19. The van der Waals surface area contributed by atoms with Crippen molar-refractivity contribution in [1.29, 1.82) is 0 Å². The van der Waals surface area contributed by atoms with Crippen LogP contribution in [0.2, 0.25) is 0 Å². The molecule has 110 valence electrons. The molecule has 0 aromatic carbocycles. The lowest BCUT2D eigenvalue weighted by atomic mass is 10.0. The van der Waals surface area contributed by atoms with Gasteiger partial charge in [0.15, 0.2) is 0 Å². The van der Waals surface area contributed by atoms with E-state index in [2.05, 4.69) is 19.2 Å². The molecule has 1 aliphatic rings. The molecule has 5 nitrogen and oxygen atoms in total. The van der Waals surface area contributed by atoms with Crippen LogP contribution in [0.5, 0.6) is 0 Å². The van der Waals surface area contributed by atoms with Crippen LogP contribution >= 0.6 is 11.8 Å². The van der Waals surface area contributed by atoms with Gasteiger partial charge >= 0.3 is 12.0 Å². The van der Waals surface area contributed by atoms with Crippen molar-refractivity contribution >= 4 is 23.8 Å². The topological polar surface area (TPSA) is 69.6 Å². The van der Waals surface area contributed by atoms with Gasteiger partial charge in [-0.1, -0.05) is 26.7 Å². The van der Waals surface area contributed by atoms with E-state index >= 15 is 0 Å². The number of hydrogen-bond acceptors (Lipinski definition) is 3. The highest BCUT2D eigenvalue weighted by Gasteiger charge is 2.34. The van der Waals surface area contributed by atoms with Crippen molar-refractivity contribution < 1.29 is 14.7 Å². The maximum atomic E-state index is 12.0. The maximum Gasteiger partial charge on any atom is 0.327 e. The minimum atomic E-state index is -0.924. The highest BCUT2D eigenvalue weighted by atomic mass is 32.2. The first-order valence-corrected chi connectivity index (χ1v) is 7.95. The molecule has 0 spiro atoms. The van der Waals surface area contributed by atoms with E-state index in [-0.39, 0.29) is 12.1 Å². The van der Waals surface area contributed by atoms with Crippen molar-refractivity contribution in [3.8, 4) is 0 Å². The Morgan fingerprint density at radius 1 is 1.37 bits per heavy atom. The highest BCUT2D eigenvalue weighted by molar-refractivity contribution is 7.99. The number of urea groups is 1. The number of thioether (sulfide) groups is 1. The predicted molar refractivity (Wildman–Crippen MR) is 77.3 cm³/mol. The summed E-state index contributed by atoms with van der Waals surface area (Å²) in [5, 5.41) is 11.9. The van der Waals surface area contributed by atoms with Crippen LogP contribution < -0.4 is 5.32 Å². The highest BCUT2D eigenvalue weighted by Crippen LogP contribution is 2.21. The van der Waals surface area contributed by atoms with E-state index in [0.29, 0.717) is 17.5 Å². The number of rotatable bonds is 6. The fraction of sp³-hybridized carbons (Fsp3) is 0.846. The Kier molecular flexibility index (Phi) is 6.48. The van der Waals surface area contributed by atoms with Crippen LogP contribution in [0.1, 0.15) is 40.0 Å². The van der Waals surface area contributed by atoms with E-state index in [9.17, 15) is 9.59 Å². The largest absolute Gasteiger partial charge is 0.480 e. The number of nitrogens with zero attached hydrogens (tertiary/aromatic N) is 1. The van der Waals surface area contributed by atoms with Gasteiger partial charge in [0.1, 0.15) is 6.04 Å². The van der Waals surface area contributed by atoms with E-state index in [0.717, 1.165) is 19.3 Å². The second-order valence-electron chi connectivity index (χ2n) is 5.50.